The lowest BCUT2D eigenvalue weighted by molar-refractivity contribution is -0.142. The first-order chi connectivity index (χ1) is 15.0. The normalized spacial score (nSPS) is 10.6. The van der Waals surface area contributed by atoms with Gasteiger partial charge in [-0.25, -0.2) is 0 Å². The minimum Gasteiger partial charge on any atom is -0.461 e. The van der Waals surface area contributed by atoms with E-state index >= 15 is 0 Å². The predicted molar refractivity (Wildman–Crippen MR) is 118 cm³/mol. The molecule has 1 heterocycles. The Kier molecular flexibility index (Phi) is 5.62. The van der Waals surface area contributed by atoms with Gasteiger partial charge in [-0.1, -0.05) is 48.5 Å². The average molecular weight is 413 g/mol. The molecule has 1 amide bonds. The summed E-state index contributed by atoms with van der Waals surface area (Å²) in [4.78, 5) is 37.1. The number of amides is 1. The molecule has 0 aliphatic carbocycles. The number of nitrogens with one attached hydrogen (secondary N) is 1. The monoisotopic (exact) mass is 413 g/mol. The van der Waals surface area contributed by atoms with Crippen molar-refractivity contribution in [3.63, 3.8) is 0 Å². The van der Waals surface area contributed by atoms with E-state index in [4.69, 9.17) is 9.15 Å². The van der Waals surface area contributed by atoms with Crippen LogP contribution in [-0.2, 0) is 16.1 Å². The fourth-order valence-corrected chi connectivity index (χ4v) is 3.23. The average Bonchev–Trinajstić information content (AvgIpc) is 2.79. The van der Waals surface area contributed by atoms with Gasteiger partial charge in [0.15, 0.2) is 5.43 Å². The van der Waals surface area contributed by atoms with Crippen molar-refractivity contribution in [2.24, 2.45) is 0 Å². The van der Waals surface area contributed by atoms with Crippen LogP contribution in [-0.4, -0.2) is 11.9 Å². The summed E-state index contributed by atoms with van der Waals surface area (Å²) in [6.07, 6.45) is 0. The summed E-state index contributed by atoms with van der Waals surface area (Å²) in [6.45, 7) is 1.07. The molecule has 0 fully saturated rings. The van der Waals surface area contributed by atoms with Gasteiger partial charge in [0.05, 0.1) is 10.9 Å². The zero-order chi connectivity index (χ0) is 21.8. The highest BCUT2D eigenvalue weighted by Gasteiger charge is 2.18. The quantitative estimate of drug-likeness (QED) is 0.476. The van der Waals surface area contributed by atoms with Gasteiger partial charge in [-0.2, -0.15) is 0 Å². The van der Waals surface area contributed by atoms with Crippen LogP contribution in [0.4, 0.5) is 5.69 Å². The van der Waals surface area contributed by atoms with Gasteiger partial charge in [0.1, 0.15) is 18.0 Å². The topological polar surface area (TPSA) is 85.6 Å². The van der Waals surface area contributed by atoms with Crippen molar-refractivity contribution in [1.29, 1.82) is 0 Å². The third kappa shape index (κ3) is 4.38. The van der Waals surface area contributed by atoms with Crippen LogP contribution >= 0.6 is 0 Å². The summed E-state index contributed by atoms with van der Waals surface area (Å²) >= 11 is 0. The number of carbonyl (C=O) groups excluding carboxylic acids is 2. The highest BCUT2D eigenvalue weighted by Crippen LogP contribution is 2.28. The van der Waals surface area contributed by atoms with Crippen molar-refractivity contribution in [1.82, 2.24) is 0 Å². The second-order valence-corrected chi connectivity index (χ2v) is 6.92. The summed E-state index contributed by atoms with van der Waals surface area (Å²) in [6, 6.07) is 22.8. The Hall–Kier alpha value is -4.19. The summed E-state index contributed by atoms with van der Waals surface area (Å²) in [7, 11) is 0. The number of fused-ring (bicyclic) bond motifs is 1. The largest absolute Gasteiger partial charge is 0.461 e. The Morgan fingerprint density at radius 1 is 0.935 bits per heavy atom. The molecule has 3 aromatic carbocycles. The molecular weight excluding hydrogens is 394 g/mol. The van der Waals surface area contributed by atoms with E-state index in [-0.39, 0.29) is 28.9 Å². The van der Waals surface area contributed by atoms with E-state index in [0.29, 0.717) is 28.2 Å². The Morgan fingerprint density at radius 3 is 2.29 bits per heavy atom. The van der Waals surface area contributed by atoms with Crippen molar-refractivity contribution >= 4 is 28.5 Å². The second kappa shape index (κ2) is 8.67. The van der Waals surface area contributed by atoms with Crippen molar-refractivity contribution in [2.75, 3.05) is 5.32 Å². The Bertz CT molecular complexity index is 1310. The molecule has 4 aromatic rings. The zero-order valence-corrected chi connectivity index (χ0v) is 16.8. The van der Waals surface area contributed by atoms with Gasteiger partial charge in [0.25, 0.3) is 5.91 Å². The number of benzene rings is 3. The van der Waals surface area contributed by atoms with Crippen LogP contribution < -0.4 is 10.7 Å². The molecule has 31 heavy (non-hydrogen) atoms. The van der Waals surface area contributed by atoms with Crippen molar-refractivity contribution in [3.8, 4) is 11.3 Å². The Morgan fingerprint density at radius 2 is 1.61 bits per heavy atom. The maximum absolute atomic E-state index is 13.3. The summed E-state index contributed by atoms with van der Waals surface area (Å²) in [5.74, 6) is -0.437. The minimum absolute atomic E-state index is 0.210. The Balaban J connectivity index is 1.78. The molecule has 0 saturated carbocycles. The second-order valence-electron chi connectivity index (χ2n) is 6.92. The highest BCUT2D eigenvalue weighted by molar-refractivity contribution is 6.05. The summed E-state index contributed by atoms with van der Waals surface area (Å²) < 4.78 is 11.1. The van der Waals surface area contributed by atoms with E-state index in [1.807, 2.05) is 36.4 Å². The van der Waals surface area contributed by atoms with Crippen molar-refractivity contribution in [2.45, 2.75) is 13.5 Å². The fourth-order valence-electron chi connectivity index (χ4n) is 3.23. The summed E-state index contributed by atoms with van der Waals surface area (Å²) in [5.41, 5.74) is 1.94. The van der Waals surface area contributed by atoms with Crippen LogP contribution in [0.1, 0.15) is 22.8 Å². The Labute approximate surface area is 178 Å². The maximum Gasteiger partial charge on any atom is 0.302 e. The molecule has 0 aliphatic heterocycles. The molecule has 0 bridgehead atoms. The van der Waals surface area contributed by atoms with Gasteiger partial charge in [-0.3, -0.25) is 14.4 Å². The van der Waals surface area contributed by atoms with E-state index in [1.165, 1.54) is 6.92 Å². The van der Waals surface area contributed by atoms with Gasteiger partial charge < -0.3 is 14.5 Å². The SMILES string of the molecule is CC(=O)OCc1c(-c2ccccc2)oc2ccc(NC(=O)c3ccccc3)cc2c1=O. The van der Waals surface area contributed by atoms with Gasteiger partial charge in [0, 0.05) is 23.7 Å². The first kappa shape index (κ1) is 20.1. The lowest BCUT2D eigenvalue weighted by Gasteiger charge is -2.11. The molecule has 6 heteroatoms. The number of hydrogen-bond acceptors (Lipinski definition) is 5. The molecular formula is C25H19NO5. The van der Waals surface area contributed by atoms with E-state index in [1.54, 1.807) is 42.5 Å². The first-order valence-corrected chi connectivity index (χ1v) is 9.68. The van der Waals surface area contributed by atoms with Crippen molar-refractivity contribution in [3.05, 3.63) is 100 Å². The highest BCUT2D eigenvalue weighted by atomic mass is 16.5. The number of hydrogen-bond donors (Lipinski definition) is 1. The number of anilines is 1. The molecule has 0 aliphatic rings. The first-order valence-electron chi connectivity index (χ1n) is 9.68. The number of ether oxygens (including phenoxy) is 1. The van der Waals surface area contributed by atoms with E-state index < -0.39 is 5.97 Å². The van der Waals surface area contributed by atoms with Gasteiger partial charge in [-0.05, 0) is 30.3 Å². The molecule has 4 rings (SSSR count). The molecule has 1 N–H and O–H groups in total. The van der Waals surface area contributed by atoms with E-state index in [0.717, 1.165) is 0 Å². The standard InChI is InChI=1S/C25H19NO5/c1-16(27)30-15-21-23(28)20-14-19(26-25(29)18-10-6-3-7-11-18)12-13-22(20)31-24(21)17-8-4-2-5-9-17/h2-14H,15H2,1H3,(H,26,29). The smallest absolute Gasteiger partial charge is 0.302 e. The van der Waals surface area contributed by atoms with Crippen LogP contribution in [0.5, 0.6) is 0 Å². The summed E-state index contributed by atoms with van der Waals surface area (Å²) in [5, 5.41) is 3.07. The van der Waals surface area contributed by atoms with Gasteiger partial charge in [0.2, 0.25) is 0 Å². The molecule has 154 valence electrons. The van der Waals surface area contributed by atoms with Crippen LogP contribution in [0.25, 0.3) is 22.3 Å². The zero-order valence-electron chi connectivity index (χ0n) is 16.8. The minimum atomic E-state index is -0.498. The van der Waals surface area contributed by atoms with Crippen LogP contribution in [0.2, 0.25) is 0 Å². The maximum atomic E-state index is 13.3. The van der Waals surface area contributed by atoms with Crippen LogP contribution in [0, 0.1) is 0 Å². The van der Waals surface area contributed by atoms with Gasteiger partial charge >= 0.3 is 5.97 Å². The molecule has 0 radical (unpaired) electrons. The molecule has 0 spiro atoms. The predicted octanol–water partition coefficient (Wildman–Crippen LogP) is 4.78. The number of rotatable bonds is 5. The van der Waals surface area contributed by atoms with Crippen LogP contribution in [0.15, 0.2) is 88.1 Å². The third-order valence-corrected chi connectivity index (χ3v) is 4.73. The molecule has 0 saturated heterocycles. The molecule has 0 unspecified atom stereocenters. The van der Waals surface area contributed by atoms with E-state index in [9.17, 15) is 14.4 Å². The molecule has 6 nitrogen and oxygen atoms in total. The number of carbonyl (C=O) groups is 2. The van der Waals surface area contributed by atoms with Gasteiger partial charge in [-0.15, -0.1) is 0 Å². The molecule has 1 aromatic heterocycles. The lowest BCUT2D eigenvalue weighted by Crippen LogP contribution is -2.15. The lowest BCUT2D eigenvalue weighted by atomic mass is 10.0. The van der Waals surface area contributed by atoms with Crippen LogP contribution in [0.3, 0.4) is 0 Å². The molecule has 0 atom stereocenters. The fraction of sp³-hybridized carbons (Fsp3) is 0.0800. The number of esters is 1. The van der Waals surface area contributed by atoms with E-state index in [2.05, 4.69) is 5.32 Å². The van der Waals surface area contributed by atoms with Crippen molar-refractivity contribution < 1.29 is 18.7 Å². The third-order valence-electron chi connectivity index (χ3n) is 4.73.